The van der Waals surface area contributed by atoms with E-state index in [0.29, 0.717) is 6.42 Å². The molecule has 0 aromatic carbocycles. The Labute approximate surface area is 139 Å². The van der Waals surface area contributed by atoms with E-state index in [1.54, 1.807) is 0 Å². The van der Waals surface area contributed by atoms with E-state index in [-0.39, 0.29) is 12.8 Å². The number of hydrogen-bond acceptors (Lipinski definition) is 6. The first kappa shape index (κ1) is 20.8. The van der Waals surface area contributed by atoms with Crippen LogP contribution in [0.5, 0.6) is 0 Å². The molecule has 10 heteroatoms. The van der Waals surface area contributed by atoms with Crippen LogP contribution in [-0.2, 0) is 28.6 Å². The fourth-order valence-corrected chi connectivity index (χ4v) is 2.75. The number of carbonyl (C=O) groups excluding carboxylic acids is 1. The van der Waals surface area contributed by atoms with Crippen molar-refractivity contribution in [3.63, 3.8) is 0 Å². The van der Waals surface area contributed by atoms with Crippen molar-refractivity contribution in [2.45, 2.75) is 70.3 Å². The van der Waals surface area contributed by atoms with Gasteiger partial charge in [-0.1, -0.05) is 13.3 Å². The molecule has 0 aliphatic carbocycles. The maximum atomic E-state index is 12.5. The Bertz CT molecular complexity index is 608. The van der Waals surface area contributed by atoms with Gasteiger partial charge in [0.1, 0.15) is 5.76 Å². The van der Waals surface area contributed by atoms with Crippen LogP contribution in [0.4, 0.5) is 13.2 Å². The Balaban J connectivity index is 3.03. The molecular weight excluding hydrogens is 353 g/mol. The maximum Gasteiger partial charge on any atom is 0.534 e. The summed E-state index contributed by atoms with van der Waals surface area (Å²) in [6.07, 6.45) is 2.15. The van der Waals surface area contributed by atoms with E-state index in [2.05, 4.69) is 4.18 Å². The predicted molar refractivity (Wildman–Crippen MR) is 77.9 cm³/mol. The lowest BCUT2D eigenvalue weighted by Crippen LogP contribution is -2.45. The van der Waals surface area contributed by atoms with Crippen LogP contribution < -0.4 is 0 Å². The minimum atomic E-state index is -5.80. The molecule has 1 heterocycles. The first-order valence-corrected chi connectivity index (χ1v) is 8.75. The average molecular weight is 374 g/mol. The van der Waals surface area contributed by atoms with E-state index in [1.165, 1.54) is 20.8 Å². The van der Waals surface area contributed by atoms with Gasteiger partial charge in [0.25, 0.3) is 0 Å². The van der Waals surface area contributed by atoms with E-state index in [1.807, 2.05) is 6.92 Å². The summed E-state index contributed by atoms with van der Waals surface area (Å²) in [4.78, 5) is 11.8. The highest BCUT2D eigenvalue weighted by atomic mass is 32.2. The van der Waals surface area contributed by atoms with Crippen LogP contribution in [0.2, 0.25) is 0 Å². The lowest BCUT2D eigenvalue weighted by molar-refractivity contribution is -0.246. The van der Waals surface area contributed by atoms with Crippen molar-refractivity contribution < 1.29 is 40.0 Å². The number of esters is 1. The molecule has 0 spiro atoms. The van der Waals surface area contributed by atoms with E-state index in [4.69, 9.17) is 9.47 Å². The molecule has 24 heavy (non-hydrogen) atoms. The molecule has 0 radical (unpaired) electrons. The smallest absolute Gasteiger partial charge is 0.429 e. The van der Waals surface area contributed by atoms with Gasteiger partial charge in [-0.15, -0.1) is 0 Å². The van der Waals surface area contributed by atoms with Crippen molar-refractivity contribution in [3.8, 4) is 0 Å². The first-order valence-electron chi connectivity index (χ1n) is 7.34. The minimum Gasteiger partial charge on any atom is -0.429 e. The highest BCUT2D eigenvalue weighted by Crippen LogP contribution is 2.38. The fourth-order valence-electron chi connectivity index (χ4n) is 2.27. The SMILES string of the molecule is CCCCC(=O)OC1(C)C=C(OS(=O)(=O)C(F)(F)F)CC(C)(C)O1. The topological polar surface area (TPSA) is 78.9 Å². The summed E-state index contributed by atoms with van der Waals surface area (Å²) in [6, 6.07) is 0. The number of unbranched alkanes of at least 4 members (excludes halogenated alkanes) is 1. The van der Waals surface area contributed by atoms with Crippen LogP contribution >= 0.6 is 0 Å². The Morgan fingerprint density at radius 1 is 1.33 bits per heavy atom. The molecule has 0 amide bonds. The molecule has 1 rings (SSSR count). The molecule has 140 valence electrons. The van der Waals surface area contributed by atoms with Crippen LogP contribution in [0.3, 0.4) is 0 Å². The van der Waals surface area contributed by atoms with Gasteiger partial charge in [-0.2, -0.15) is 21.6 Å². The molecular formula is C14H21F3O6S. The van der Waals surface area contributed by atoms with Crippen molar-refractivity contribution in [2.75, 3.05) is 0 Å². The third-order valence-electron chi connectivity index (χ3n) is 3.05. The first-order chi connectivity index (χ1) is 10.7. The van der Waals surface area contributed by atoms with Crippen molar-refractivity contribution in [1.29, 1.82) is 0 Å². The molecule has 0 bridgehead atoms. The largest absolute Gasteiger partial charge is 0.534 e. The second-order valence-corrected chi connectivity index (χ2v) is 7.76. The molecule has 0 fully saturated rings. The maximum absolute atomic E-state index is 12.5. The lowest BCUT2D eigenvalue weighted by Gasteiger charge is -2.40. The Hall–Kier alpha value is -1.29. The molecule has 0 N–H and O–H groups in total. The van der Waals surface area contributed by atoms with Gasteiger partial charge in [-0.05, 0) is 20.3 Å². The summed E-state index contributed by atoms with van der Waals surface area (Å²) >= 11 is 0. The second-order valence-electron chi connectivity index (χ2n) is 6.23. The van der Waals surface area contributed by atoms with Crippen LogP contribution in [0.15, 0.2) is 11.8 Å². The van der Waals surface area contributed by atoms with Crippen molar-refractivity contribution in [1.82, 2.24) is 0 Å². The van der Waals surface area contributed by atoms with Gasteiger partial charge in [0.05, 0.1) is 5.60 Å². The predicted octanol–water partition coefficient (Wildman–Crippen LogP) is 3.39. The standard InChI is InChI=1S/C14H21F3O6S/c1-5-6-7-11(18)21-13(4)9-10(8-12(2,3)23-13)22-24(19,20)14(15,16)17/h9H,5-8H2,1-4H3. The lowest BCUT2D eigenvalue weighted by atomic mass is 9.98. The number of rotatable bonds is 6. The number of alkyl halides is 3. The number of hydrogen-bond donors (Lipinski definition) is 0. The summed E-state index contributed by atoms with van der Waals surface area (Å²) in [5.41, 5.74) is -6.64. The summed E-state index contributed by atoms with van der Waals surface area (Å²) in [5, 5.41) is 0. The van der Waals surface area contributed by atoms with E-state index >= 15 is 0 Å². The quantitative estimate of drug-likeness (QED) is 0.403. The molecule has 1 atom stereocenters. The van der Waals surface area contributed by atoms with Gasteiger partial charge >= 0.3 is 21.6 Å². The summed E-state index contributed by atoms with van der Waals surface area (Å²) < 4.78 is 74.6. The summed E-state index contributed by atoms with van der Waals surface area (Å²) in [6.45, 7) is 6.22. The van der Waals surface area contributed by atoms with Crippen LogP contribution in [0, 0.1) is 0 Å². The zero-order valence-electron chi connectivity index (χ0n) is 13.9. The monoisotopic (exact) mass is 374 g/mol. The zero-order valence-corrected chi connectivity index (χ0v) is 14.7. The molecule has 0 aromatic heterocycles. The third-order valence-corrected chi connectivity index (χ3v) is 4.05. The third kappa shape index (κ3) is 5.66. The van der Waals surface area contributed by atoms with Crippen molar-refractivity contribution in [2.24, 2.45) is 0 Å². The Morgan fingerprint density at radius 3 is 2.42 bits per heavy atom. The van der Waals surface area contributed by atoms with Gasteiger partial charge < -0.3 is 13.7 Å². The van der Waals surface area contributed by atoms with E-state index in [0.717, 1.165) is 12.5 Å². The Morgan fingerprint density at radius 2 is 1.92 bits per heavy atom. The molecule has 1 unspecified atom stereocenters. The highest BCUT2D eigenvalue weighted by molar-refractivity contribution is 7.87. The van der Waals surface area contributed by atoms with Gasteiger partial charge in [-0.25, -0.2) is 0 Å². The van der Waals surface area contributed by atoms with Crippen LogP contribution in [0.1, 0.15) is 53.4 Å². The number of halogens is 3. The van der Waals surface area contributed by atoms with Gasteiger partial charge in [0.2, 0.25) is 5.79 Å². The average Bonchev–Trinajstić information content (AvgIpc) is 2.30. The molecule has 0 saturated carbocycles. The van der Waals surface area contributed by atoms with Crippen molar-refractivity contribution in [3.05, 3.63) is 11.8 Å². The molecule has 6 nitrogen and oxygen atoms in total. The van der Waals surface area contributed by atoms with Gasteiger partial charge in [0.15, 0.2) is 0 Å². The molecule has 1 aliphatic rings. The van der Waals surface area contributed by atoms with Crippen molar-refractivity contribution >= 4 is 16.1 Å². The summed E-state index contributed by atoms with van der Waals surface area (Å²) in [7, 11) is -5.80. The van der Waals surface area contributed by atoms with Gasteiger partial charge in [-0.3, -0.25) is 4.79 Å². The number of ether oxygens (including phenoxy) is 2. The summed E-state index contributed by atoms with van der Waals surface area (Å²) in [5.74, 6) is -2.82. The number of carbonyl (C=O) groups is 1. The second kappa shape index (κ2) is 6.91. The fraction of sp³-hybridized carbons (Fsp3) is 0.786. The van der Waals surface area contributed by atoms with Gasteiger partial charge in [0, 0.05) is 25.8 Å². The zero-order chi connectivity index (χ0) is 18.8. The normalized spacial score (nSPS) is 24.2. The van der Waals surface area contributed by atoms with E-state index in [9.17, 15) is 26.4 Å². The van der Waals surface area contributed by atoms with Crippen LogP contribution in [-0.4, -0.2) is 31.3 Å². The molecule has 1 aliphatic heterocycles. The minimum absolute atomic E-state index is 0.112. The van der Waals surface area contributed by atoms with E-state index < -0.39 is 38.7 Å². The van der Waals surface area contributed by atoms with Crippen LogP contribution in [0.25, 0.3) is 0 Å². The Kier molecular flexibility index (Phi) is 5.98. The molecule has 0 aromatic rings. The highest BCUT2D eigenvalue weighted by Gasteiger charge is 2.50. The molecule has 0 saturated heterocycles.